The van der Waals surface area contributed by atoms with Gasteiger partial charge in [0.05, 0.1) is 11.8 Å². The van der Waals surface area contributed by atoms with Crippen molar-refractivity contribution < 1.29 is 14.4 Å². The predicted molar refractivity (Wildman–Crippen MR) is 266 cm³/mol. The topological polar surface area (TPSA) is 173 Å². The maximum Gasteiger partial charge on any atom is 0.162 e. The fourth-order valence-electron chi connectivity index (χ4n) is 10.4. The van der Waals surface area contributed by atoms with Crippen molar-refractivity contribution in [2.24, 2.45) is 16.2 Å². The first-order chi connectivity index (χ1) is 31.4. The van der Waals surface area contributed by atoms with E-state index in [1.165, 1.54) is 9.75 Å². The van der Waals surface area contributed by atoms with Crippen molar-refractivity contribution in [3.8, 4) is 0 Å². The molecule has 12 nitrogen and oxygen atoms in total. The minimum Gasteiger partial charge on any atom is -0.342 e. The summed E-state index contributed by atoms with van der Waals surface area (Å²) in [7, 11) is 0. The number of H-pyrrole nitrogens is 3. The lowest BCUT2D eigenvalue weighted by atomic mass is 9.70. The number of carbonyl (C=O) groups is 3. The van der Waals surface area contributed by atoms with Crippen molar-refractivity contribution in [2.45, 2.75) is 119 Å². The smallest absolute Gasteiger partial charge is 0.162 e. The van der Waals surface area contributed by atoms with E-state index in [0.29, 0.717) is 19.3 Å². The number of thiophene rings is 3. The van der Waals surface area contributed by atoms with Gasteiger partial charge < -0.3 is 16.0 Å². The molecule has 0 aromatic carbocycles. The van der Waals surface area contributed by atoms with Crippen LogP contribution in [0.2, 0.25) is 0 Å². The molecular weight excluding hydrogens is 883 g/mol. The SMILES string of the molecule is Cc1[nH]nc2c1C(c1cccs1)C1=C(CC(C)(C)CC1=O)N2.Cc1[nH]nc2c1C(c1cccs1)C1=C(CC(C)(C)CC1=O)N2.Cc1[nH]nc2c1CC1=C(CC(C)(C)CC1=O)N2.c1ccsc1. The molecular formula is C51H59N9O3S3. The zero-order valence-corrected chi connectivity index (χ0v) is 41.6. The van der Waals surface area contributed by atoms with E-state index in [9.17, 15) is 14.4 Å². The molecule has 0 saturated heterocycles. The quantitative estimate of drug-likeness (QED) is 0.0988. The van der Waals surface area contributed by atoms with Gasteiger partial charge in [0.2, 0.25) is 0 Å². The molecule has 2 atom stereocenters. The number of nitrogens with zero attached hydrogens (tertiary/aromatic N) is 3. The lowest BCUT2D eigenvalue weighted by molar-refractivity contribution is -0.119. The van der Waals surface area contributed by atoms with Crippen LogP contribution in [0.4, 0.5) is 17.5 Å². The zero-order valence-electron chi connectivity index (χ0n) is 39.2. The number of fused-ring (bicyclic) bond motifs is 3. The van der Waals surface area contributed by atoms with Gasteiger partial charge in [0.25, 0.3) is 0 Å². The van der Waals surface area contributed by atoms with Gasteiger partial charge in [-0.1, -0.05) is 65.8 Å². The Morgan fingerprint density at radius 3 is 1.38 bits per heavy atom. The van der Waals surface area contributed by atoms with E-state index in [1.807, 2.05) is 43.7 Å². The number of rotatable bonds is 2. The highest BCUT2D eigenvalue weighted by Gasteiger charge is 2.44. The fourth-order valence-corrected chi connectivity index (χ4v) is 12.5. The summed E-state index contributed by atoms with van der Waals surface area (Å²) in [5, 5.41) is 40.5. The molecule has 0 amide bonds. The maximum atomic E-state index is 12.9. The highest BCUT2D eigenvalue weighted by Crippen LogP contribution is 2.52. The van der Waals surface area contributed by atoms with Gasteiger partial charge in [0, 0.05) is 103 Å². The fraction of sp³-hybridized carbons (Fsp3) is 0.412. The average molecular weight is 942 g/mol. The minimum atomic E-state index is 0.00573. The number of allylic oxidation sites excluding steroid dienone is 6. The average Bonchev–Trinajstić information content (AvgIpc) is 4.10. The Morgan fingerprint density at radius 1 is 0.515 bits per heavy atom. The number of aromatic amines is 3. The van der Waals surface area contributed by atoms with E-state index < -0.39 is 0 Å². The molecule has 6 aromatic rings. The molecule has 3 aliphatic heterocycles. The number of ketones is 3. The lowest BCUT2D eigenvalue weighted by Crippen LogP contribution is -2.33. The number of carbonyl (C=O) groups excluding carboxylic acids is 3. The molecule has 66 heavy (non-hydrogen) atoms. The van der Waals surface area contributed by atoms with Gasteiger partial charge in [-0.25, -0.2) is 0 Å². The molecule has 12 rings (SSSR count). The Balaban J connectivity index is 0.000000119. The molecule has 0 spiro atoms. The number of hydrogen-bond donors (Lipinski definition) is 6. The summed E-state index contributed by atoms with van der Waals surface area (Å²) in [5.74, 6) is 3.51. The summed E-state index contributed by atoms with van der Waals surface area (Å²) in [6.07, 6.45) is 5.32. The van der Waals surface area contributed by atoms with Crippen LogP contribution < -0.4 is 16.0 Å². The van der Waals surface area contributed by atoms with Crippen LogP contribution >= 0.6 is 34.0 Å². The van der Waals surface area contributed by atoms with Crippen LogP contribution in [0.1, 0.15) is 135 Å². The van der Waals surface area contributed by atoms with Gasteiger partial charge in [-0.15, -0.1) is 22.7 Å². The van der Waals surface area contributed by atoms with Crippen molar-refractivity contribution in [3.63, 3.8) is 0 Å². The van der Waals surface area contributed by atoms with E-state index >= 15 is 0 Å². The van der Waals surface area contributed by atoms with Crippen LogP contribution in [0.25, 0.3) is 0 Å². The van der Waals surface area contributed by atoms with Crippen molar-refractivity contribution in [2.75, 3.05) is 16.0 Å². The molecule has 3 aliphatic carbocycles. The third-order valence-electron chi connectivity index (χ3n) is 13.3. The zero-order chi connectivity index (χ0) is 46.7. The third kappa shape index (κ3) is 8.96. The Labute approximate surface area is 398 Å². The van der Waals surface area contributed by atoms with Gasteiger partial charge in [-0.05, 0) is 89.9 Å². The highest BCUT2D eigenvalue weighted by atomic mass is 32.1. The molecule has 0 radical (unpaired) electrons. The number of anilines is 3. The molecule has 0 saturated carbocycles. The first-order valence-electron chi connectivity index (χ1n) is 22.6. The van der Waals surface area contributed by atoms with Crippen LogP contribution in [-0.4, -0.2) is 47.9 Å². The minimum absolute atomic E-state index is 0.00573. The van der Waals surface area contributed by atoms with E-state index in [4.69, 9.17) is 0 Å². The summed E-state index contributed by atoms with van der Waals surface area (Å²) >= 11 is 5.13. The first-order valence-corrected chi connectivity index (χ1v) is 25.3. The Bertz CT molecular complexity index is 2750. The van der Waals surface area contributed by atoms with Crippen LogP contribution in [0.5, 0.6) is 0 Å². The summed E-state index contributed by atoms with van der Waals surface area (Å²) in [5.41, 5.74) is 12.6. The number of nitrogens with one attached hydrogen (secondary N) is 6. The molecule has 0 fully saturated rings. The molecule has 6 N–H and O–H groups in total. The second kappa shape index (κ2) is 17.5. The van der Waals surface area contributed by atoms with Crippen molar-refractivity contribution >= 4 is 68.8 Å². The molecule has 15 heteroatoms. The van der Waals surface area contributed by atoms with E-state index in [-0.39, 0.29) is 45.4 Å². The van der Waals surface area contributed by atoms with Gasteiger partial charge in [-0.3, -0.25) is 29.7 Å². The van der Waals surface area contributed by atoms with Crippen LogP contribution in [0.3, 0.4) is 0 Å². The van der Waals surface area contributed by atoms with Gasteiger partial charge in [-0.2, -0.15) is 26.6 Å². The van der Waals surface area contributed by atoms with Gasteiger partial charge in [0.15, 0.2) is 34.8 Å². The Kier molecular flexibility index (Phi) is 12.1. The largest absolute Gasteiger partial charge is 0.342 e. The predicted octanol–water partition coefficient (Wildman–Crippen LogP) is 12.0. The van der Waals surface area contributed by atoms with Crippen LogP contribution in [-0.2, 0) is 20.8 Å². The molecule has 344 valence electrons. The second-order valence-electron chi connectivity index (χ2n) is 20.7. The summed E-state index contributed by atoms with van der Waals surface area (Å²) in [6.45, 7) is 18.9. The summed E-state index contributed by atoms with van der Waals surface area (Å²) in [4.78, 5) is 40.3. The second-order valence-corrected chi connectivity index (χ2v) is 23.5. The molecule has 0 bridgehead atoms. The third-order valence-corrected chi connectivity index (χ3v) is 15.8. The normalized spacial score (nSPS) is 21.6. The van der Waals surface area contributed by atoms with Crippen molar-refractivity contribution in [1.82, 2.24) is 30.6 Å². The number of aryl methyl sites for hydroxylation is 3. The van der Waals surface area contributed by atoms with Crippen molar-refractivity contribution in [1.29, 1.82) is 0 Å². The molecule has 9 heterocycles. The molecule has 6 aromatic heterocycles. The Morgan fingerprint density at radius 2 is 0.939 bits per heavy atom. The maximum absolute atomic E-state index is 12.9. The first kappa shape index (κ1) is 45.5. The standard InChI is InChI=1S/2C17H19N3OS.C13H17N3O.C4H4S/c2*1-9-13-15(12-5-4-6-22-12)14-10(18-16(13)20-19-9)7-17(2,3)8-11(14)21;1-7-8-4-9-10(14-12(8)16-15-7)5-13(2,3)6-11(9)17;1-2-4-5-3-1/h2*4-6,15H,7-8H2,1-3H3,(H2,18,19,20);4-6H2,1-3H3,(H2,14,15,16);1-4H. The molecule has 6 aliphatic rings. The number of hydrogen-bond acceptors (Lipinski definition) is 12. The van der Waals surface area contributed by atoms with Gasteiger partial charge in [0.1, 0.15) is 0 Å². The number of aromatic nitrogens is 6. The van der Waals surface area contributed by atoms with Crippen molar-refractivity contribution in [3.05, 3.63) is 135 Å². The van der Waals surface area contributed by atoms with E-state index in [1.54, 1.807) is 34.0 Å². The number of Topliss-reactive ketones (excluding diaryl/α,β-unsaturated/α-hetero) is 3. The van der Waals surface area contributed by atoms with Crippen LogP contribution in [0, 0.1) is 37.0 Å². The molecule has 2 unspecified atom stereocenters. The summed E-state index contributed by atoms with van der Waals surface area (Å²) in [6, 6.07) is 12.4. The highest BCUT2D eigenvalue weighted by molar-refractivity contribution is 7.10. The Hall–Kier alpha value is -5.64. The monoisotopic (exact) mass is 941 g/mol. The van der Waals surface area contributed by atoms with E-state index in [0.717, 1.165) is 111 Å². The van der Waals surface area contributed by atoms with E-state index in [2.05, 4.69) is 123 Å². The van der Waals surface area contributed by atoms with Crippen LogP contribution in [0.15, 0.2) is 91.7 Å². The van der Waals surface area contributed by atoms with Gasteiger partial charge >= 0.3 is 0 Å². The lowest BCUT2D eigenvalue weighted by Gasteiger charge is -2.37. The summed E-state index contributed by atoms with van der Waals surface area (Å²) < 4.78 is 0.